The Labute approximate surface area is 122 Å². The number of ether oxygens (including phenoxy) is 1. The maximum atomic E-state index is 11.9. The van der Waals surface area contributed by atoms with Gasteiger partial charge in [-0.15, -0.1) is 0 Å². The van der Waals surface area contributed by atoms with Gasteiger partial charge in [0.1, 0.15) is 5.82 Å². The molecule has 0 saturated heterocycles. The van der Waals surface area contributed by atoms with Gasteiger partial charge in [0.15, 0.2) is 6.04 Å². The average Bonchev–Trinajstić information content (AvgIpc) is 2.93. The summed E-state index contributed by atoms with van der Waals surface area (Å²) >= 11 is 1.26. The maximum Gasteiger partial charge on any atom is 0.333 e. The van der Waals surface area contributed by atoms with Crippen LogP contribution in [-0.4, -0.2) is 22.4 Å². The summed E-state index contributed by atoms with van der Waals surface area (Å²) in [4.78, 5) is 16.3. The zero-order valence-electron chi connectivity index (χ0n) is 11.5. The van der Waals surface area contributed by atoms with Crippen molar-refractivity contribution in [1.29, 1.82) is 0 Å². The third-order valence-corrected chi connectivity index (χ3v) is 3.46. The van der Waals surface area contributed by atoms with Gasteiger partial charge < -0.3 is 10.1 Å². The molecule has 0 fully saturated rings. The SMILES string of the molecule is CCCc1nsc(NC(C(=O)OC)c2ccccc2)n1. The molecule has 1 atom stereocenters. The lowest BCUT2D eigenvalue weighted by atomic mass is 10.1. The van der Waals surface area contributed by atoms with Gasteiger partial charge in [-0.25, -0.2) is 9.78 Å². The predicted molar refractivity (Wildman–Crippen MR) is 78.7 cm³/mol. The van der Waals surface area contributed by atoms with E-state index in [-0.39, 0.29) is 5.97 Å². The molecule has 0 radical (unpaired) electrons. The van der Waals surface area contributed by atoms with Crippen LogP contribution in [0.15, 0.2) is 30.3 Å². The highest BCUT2D eigenvalue weighted by Crippen LogP contribution is 2.22. The summed E-state index contributed by atoms with van der Waals surface area (Å²) in [6.07, 6.45) is 1.84. The monoisotopic (exact) mass is 291 g/mol. The number of benzene rings is 1. The number of hydrogen-bond acceptors (Lipinski definition) is 6. The molecule has 1 heterocycles. The van der Waals surface area contributed by atoms with Gasteiger partial charge in [0.25, 0.3) is 0 Å². The molecule has 0 aliphatic carbocycles. The fourth-order valence-corrected chi connectivity index (χ4v) is 2.44. The van der Waals surface area contributed by atoms with Crippen LogP contribution in [0.2, 0.25) is 0 Å². The Bertz CT molecular complexity index is 557. The van der Waals surface area contributed by atoms with Gasteiger partial charge in [-0.1, -0.05) is 37.3 Å². The molecule has 1 N–H and O–H groups in total. The fourth-order valence-electron chi connectivity index (χ4n) is 1.80. The van der Waals surface area contributed by atoms with Crippen molar-refractivity contribution in [2.45, 2.75) is 25.8 Å². The van der Waals surface area contributed by atoms with Crippen molar-refractivity contribution in [3.05, 3.63) is 41.7 Å². The van der Waals surface area contributed by atoms with Crippen molar-refractivity contribution in [3.8, 4) is 0 Å². The van der Waals surface area contributed by atoms with E-state index in [0.717, 1.165) is 24.2 Å². The molecule has 5 nitrogen and oxygen atoms in total. The van der Waals surface area contributed by atoms with E-state index in [2.05, 4.69) is 21.6 Å². The number of esters is 1. The normalized spacial score (nSPS) is 11.9. The molecule has 2 rings (SSSR count). The summed E-state index contributed by atoms with van der Waals surface area (Å²) in [5, 5.41) is 3.73. The van der Waals surface area contributed by atoms with Crippen LogP contribution < -0.4 is 5.32 Å². The Morgan fingerprint density at radius 3 is 2.80 bits per heavy atom. The lowest BCUT2D eigenvalue weighted by Crippen LogP contribution is -2.22. The number of rotatable bonds is 6. The maximum absolute atomic E-state index is 11.9. The number of nitrogens with zero attached hydrogens (tertiary/aromatic N) is 2. The van der Waals surface area contributed by atoms with Crippen molar-refractivity contribution in [2.75, 3.05) is 12.4 Å². The summed E-state index contributed by atoms with van der Waals surface area (Å²) in [6, 6.07) is 8.86. The van der Waals surface area contributed by atoms with E-state index in [1.54, 1.807) is 0 Å². The Morgan fingerprint density at radius 1 is 1.40 bits per heavy atom. The van der Waals surface area contributed by atoms with Crippen molar-refractivity contribution in [2.24, 2.45) is 0 Å². The molecule has 0 spiro atoms. The highest BCUT2D eigenvalue weighted by Gasteiger charge is 2.22. The van der Waals surface area contributed by atoms with Crippen molar-refractivity contribution in [3.63, 3.8) is 0 Å². The first-order valence-electron chi connectivity index (χ1n) is 6.46. The number of aryl methyl sites for hydroxylation is 1. The number of methoxy groups -OCH3 is 1. The van der Waals surface area contributed by atoms with E-state index in [0.29, 0.717) is 5.13 Å². The molecule has 0 aliphatic rings. The molecule has 0 aliphatic heterocycles. The van der Waals surface area contributed by atoms with E-state index in [9.17, 15) is 4.79 Å². The number of nitrogens with one attached hydrogen (secondary N) is 1. The van der Waals surface area contributed by atoms with E-state index in [1.807, 2.05) is 30.3 Å². The Morgan fingerprint density at radius 2 is 2.15 bits per heavy atom. The zero-order chi connectivity index (χ0) is 14.4. The Kier molecular flexibility index (Phi) is 5.06. The summed E-state index contributed by atoms with van der Waals surface area (Å²) in [7, 11) is 1.38. The van der Waals surface area contributed by atoms with Crippen molar-refractivity contribution < 1.29 is 9.53 Å². The van der Waals surface area contributed by atoms with Crippen molar-refractivity contribution >= 4 is 22.6 Å². The first-order valence-corrected chi connectivity index (χ1v) is 7.23. The van der Waals surface area contributed by atoms with Crippen LogP contribution in [0.25, 0.3) is 0 Å². The van der Waals surface area contributed by atoms with Crippen molar-refractivity contribution in [1.82, 2.24) is 9.36 Å². The van der Waals surface area contributed by atoms with Gasteiger partial charge in [0.2, 0.25) is 5.13 Å². The van der Waals surface area contributed by atoms with Gasteiger partial charge in [-0.2, -0.15) is 4.37 Å². The molecular weight excluding hydrogens is 274 g/mol. The number of anilines is 1. The molecule has 20 heavy (non-hydrogen) atoms. The lowest BCUT2D eigenvalue weighted by Gasteiger charge is -2.15. The number of hydrogen-bond donors (Lipinski definition) is 1. The second-order valence-corrected chi connectivity index (χ2v) is 5.03. The van der Waals surface area contributed by atoms with E-state index in [4.69, 9.17) is 4.74 Å². The van der Waals surface area contributed by atoms with Crippen LogP contribution in [0.1, 0.15) is 30.8 Å². The molecule has 1 aromatic heterocycles. The minimum Gasteiger partial charge on any atom is -0.467 e. The van der Waals surface area contributed by atoms with Crippen LogP contribution in [0.5, 0.6) is 0 Å². The van der Waals surface area contributed by atoms with Gasteiger partial charge >= 0.3 is 5.97 Å². The zero-order valence-corrected chi connectivity index (χ0v) is 12.3. The van der Waals surface area contributed by atoms with Crippen LogP contribution in [-0.2, 0) is 16.0 Å². The van der Waals surface area contributed by atoms with Crippen LogP contribution >= 0.6 is 11.5 Å². The lowest BCUT2D eigenvalue weighted by molar-refractivity contribution is -0.141. The summed E-state index contributed by atoms with van der Waals surface area (Å²) < 4.78 is 9.10. The van der Waals surface area contributed by atoms with E-state index >= 15 is 0 Å². The standard InChI is InChI=1S/C14H17N3O2S/c1-3-7-11-15-14(20-17-11)16-12(13(18)19-2)10-8-5-4-6-9-10/h4-6,8-9,12H,3,7H2,1-2H3,(H,15,16,17). The Balaban J connectivity index is 2.17. The molecule has 2 aromatic rings. The minimum absolute atomic E-state index is 0.344. The largest absolute Gasteiger partial charge is 0.467 e. The van der Waals surface area contributed by atoms with E-state index in [1.165, 1.54) is 18.6 Å². The third kappa shape index (κ3) is 3.54. The molecule has 106 valence electrons. The van der Waals surface area contributed by atoms with Crippen LogP contribution in [0.3, 0.4) is 0 Å². The molecule has 6 heteroatoms. The highest BCUT2D eigenvalue weighted by molar-refractivity contribution is 7.09. The second kappa shape index (κ2) is 7.00. The molecule has 1 aromatic carbocycles. The molecule has 0 amide bonds. The highest BCUT2D eigenvalue weighted by atomic mass is 32.1. The van der Waals surface area contributed by atoms with Gasteiger partial charge in [0.05, 0.1) is 7.11 Å². The first-order chi connectivity index (χ1) is 9.74. The van der Waals surface area contributed by atoms with Gasteiger partial charge in [-0.05, 0) is 12.0 Å². The smallest absolute Gasteiger partial charge is 0.333 e. The second-order valence-electron chi connectivity index (χ2n) is 4.28. The molecule has 0 saturated carbocycles. The molecular formula is C14H17N3O2S. The minimum atomic E-state index is -0.566. The number of aromatic nitrogens is 2. The summed E-state index contributed by atoms with van der Waals surface area (Å²) in [6.45, 7) is 2.08. The topological polar surface area (TPSA) is 64.1 Å². The van der Waals surface area contributed by atoms with Crippen LogP contribution in [0.4, 0.5) is 5.13 Å². The quantitative estimate of drug-likeness (QED) is 0.829. The molecule has 1 unspecified atom stereocenters. The Hall–Kier alpha value is -1.95. The fraction of sp³-hybridized carbons (Fsp3) is 0.357. The predicted octanol–water partition coefficient (Wildman–Crippen LogP) is 2.82. The number of carbonyl (C=O) groups is 1. The van der Waals surface area contributed by atoms with Crippen LogP contribution in [0, 0.1) is 0 Å². The van der Waals surface area contributed by atoms with Gasteiger partial charge in [-0.3, -0.25) is 0 Å². The first kappa shape index (κ1) is 14.5. The third-order valence-electron chi connectivity index (χ3n) is 2.78. The van der Waals surface area contributed by atoms with Gasteiger partial charge in [0, 0.05) is 18.0 Å². The average molecular weight is 291 g/mol. The molecule has 0 bridgehead atoms. The van der Waals surface area contributed by atoms with E-state index < -0.39 is 6.04 Å². The summed E-state index contributed by atoms with van der Waals surface area (Å²) in [5.74, 6) is 0.458. The summed E-state index contributed by atoms with van der Waals surface area (Å²) in [5.41, 5.74) is 0.839. The number of carbonyl (C=O) groups excluding carboxylic acids is 1.